The smallest absolute Gasteiger partial charge is 0.408 e. The summed E-state index contributed by atoms with van der Waals surface area (Å²) in [6, 6.07) is 19.9. The van der Waals surface area contributed by atoms with Crippen molar-refractivity contribution in [3.8, 4) is 11.5 Å². The zero-order valence-corrected chi connectivity index (χ0v) is 23.8. The Balaban J connectivity index is 2.00. The van der Waals surface area contributed by atoms with Crippen molar-refractivity contribution in [2.24, 2.45) is 0 Å². The molecule has 9 heteroatoms. The summed E-state index contributed by atoms with van der Waals surface area (Å²) in [6.07, 6.45) is 0.847. The van der Waals surface area contributed by atoms with Gasteiger partial charge < -0.3 is 30.1 Å². The fraction of sp³-hybridized carbons (Fsp3) is 0.281. The summed E-state index contributed by atoms with van der Waals surface area (Å²) >= 11 is 0. The van der Waals surface area contributed by atoms with Gasteiger partial charge in [-0.25, -0.2) is 4.79 Å². The largest absolute Gasteiger partial charge is 0.508 e. The molecule has 0 saturated heterocycles. The minimum atomic E-state index is -1.09. The van der Waals surface area contributed by atoms with E-state index in [2.05, 4.69) is 17.2 Å². The lowest BCUT2D eigenvalue weighted by Gasteiger charge is -2.34. The molecule has 3 amide bonds. The molecule has 0 radical (unpaired) electrons. The van der Waals surface area contributed by atoms with Crippen molar-refractivity contribution >= 4 is 23.6 Å². The van der Waals surface area contributed by atoms with Crippen molar-refractivity contribution in [1.82, 2.24) is 10.2 Å². The molecule has 9 nitrogen and oxygen atoms in total. The van der Waals surface area contributed by atoms with Crippen LogP contribution in [0, 0.1) is 0 Å². The highest BCUT2D eigenvalue weighted by molar-refractivity contribution is 5.99. The lowest BCUT2D eigenvalue weighted by Crippen LogP contribution is -2.53. The number of nitrogens with one attached hydrogen (secondary N) is 2. The number of methoxy groups -OCH3 is 1. The number of amides is 3. The normalized spacial score (nSPS) is 12.4. The minimum Gasteiger partial charge on any atom is -0.508 e. The number of nitrogens with zero attached hydrogens (tertiary/aromatic N) is 1. The standard InChI is InChI=1S/C32H37N3O6/c1-6-20-35(28(23-10-8-7-9-11-23)29(37)33-24-14-18-26(40-5)19-15-24)30(38)27(34-31(39)41-32(2,3)4)21-22-12-16-25(36)17-13-22/h6-19,27-28,36H,1,20-21H2,2-5H3,(H,33,37)(H,34,39). The SMILES string of the molecule is C=CCN(C(=O)C(Cc1ccc(O)cc1)NC(=O)OC(C)(C)C)C(C(=O)Nc1ccc(OC)cc1)c1ccccc1. The van der Waals surface area contributed by atoms with E-state index in [0.29, 0.717) is 22.6 Å². The van der Waals surface area contributed by atoms with Crippen molar-refractivity contribution in [2.75, 3.05) is 19.0 Å². The molecule has 0 aromatic heterocycles. The molecule has 2 atom stereocenters. The topological polar surface area (TPSA) is 117 Å². The van der Waals surface area contributed by atoms with Crippen molar-refractivity contribution in [3.63, 3.8) is 0 Å². The first-order valence-corrected chi connectivity index (χ1v) is 13.2. The number of rotatable bonds is 11. The van der Waals surface area contributed by atoms with Gasteiger partial charge in [-0.3, -0.25) is 9.59 Å². The fourth-order valence-electron chi connectivity index (χ4n) is 4.17. The summed E-state index contributed by atoms with van der Waals surface area (Å²) in [6.45, 7) is 9.00. The van der Waals surface area contributed by atoms with Crippen LogP contribution in [0.4, 0.5) is 10.5 Å². The van der Waals surface area contributed by atoms with Gasteiger partial charge in [-0.15, -0.1) is 6.58 Å². The third-order valence-electron chi connectivity index (χ3n) is 6.01. The van der Waals surface area contributed by atoms with Crippen LogP contribution in [0.3, 0.4) is 0 Å². The molecule has 0 saturated carbocycles. The predicted molar refractivity (Wildman–Crippen MR) is 158 cm³/mol. The van der Waals surface area contributed by atoms with Gasteiger partial charge in [-0.05, 0) is 68.3 Å². The van der Waals surface area contributed by atoms with E-state index in [1.807, 2.05) is 6.07 Å². The van der Waals surface area contributed by atoms with Gasteiger partial charge in [0.05, 0.1) is 7.11 Å². The van der Waals surface area contributed by atoms with Crippen LogP contribution < -0.4 is 15.4 Å². The van der Waals surface area contributed by atoms with E-state index >= 15 is 0 Å². The van der Waals surface area contributed by atoms with Gasteiger partial charge >= 0.3 is 6.09 Å². The Hall–Kier alpha value is -4.79. The van der Waals surface area contributed by atoms with Crippen LogP contribution >= 0.6 is 0 Å². The minimum absolute atomic E-state index is 0.0243. The molecular formula is C32H37N3O6. The molecule has 0 aliphatic heterocycles. The molecule has 3 N–H and O–H groups in total. The number of hydrogen-bond acceptors (Lipinski definition) is 6. The van der Waals surface area contributed by atoms with Gasteiger partial charge in [-0.2, -0.15) is 0 Å². The first-order valence-electron chi connectivity index (χ1n) is 13.2. The summed E-state index contributed by atoms with van der Waals surface area (Å²) < 4.78 is 10.6. The van der Waals surface area contributed by atoms with Crippen LogP contribution in [-0.2, 0) is 20.7 Å². The van der Waals surface area contributed by atoms with E-state index in [0.717, 1.165) is 0 Å². The molecule has 0 bridgehead atoms. The predicted octanol–water partition coefficient (Wildman–Crippen LogP) is 5.23. The van der Waals surface area contributed by atoms with Crippen LogP contribution in [0.25, 0.3) is 0 Å². The number of phenols is 1. The van der Waals surface area contributed by atoms with E-state index in [1.165, 1.54) is 23.1 Å². The van der Waals surface area contributed by atoms with E-state index < -0.39 is 35.6 Å². The Morgan fingerprint density at radius 3 is 2.17 bits per heavy atom. The molecule has 3 aromatic carbocycles. The number of anilines is 1. The van der Waals surface area contributed by atoms with E-state index in [1.54, 1.807) is 88.5 Å². The van der Waals surface area contributed by atoms with Gasteiger partial charge in [0.2, 0.25) is 5.91 Å². The number of ether oxygens (including phenoxy) is 2. The summed E-state index contributed by atoms with van der Waals surface area (Å²) in [5, 5.41) is 15.3. The third-order valence-corrected chi connectivity index (χ3v) is 6.01. The summed E-state index contributed by atoms with van der Waals surface area (Å²) in [4.78, 5) is 42.2. The quantitative estimate of drug-likeness (QED) is 0.277. The van der Waals surface area contributed by atoms with Crippen LogP contribution in [0.5, 0.6) is 11.5 Å². The van der Waals surface area contributed by atoms with Crippen molar-refractivity contribution in [3.05, 3.63) is 103 Å². The summed E-state index contributed by atoms with van der Waals surface area (Å²) in [7, 11) is 1.55. The zero-order chi connectivity index (χ0) is 30.0. The molecule has 0 fully saturated rings. The van der Waals surface area contributed by atoms with Crippen LogP contribution in [-0.4, -0.2) is 53.2 Å². The Labute approximate surface area is 240 Å². The van der Waals surface area contributed by atoms with E-state index in [9.17, 15) is 19.5 Å². The highest BCUT2D eigenvalue weighted by atomic mass is 16.6. The van der Waals surface area contributed by atoms with Gasteiger partial charge in [-0.1, -0.05) is 48.5 Å². The van der Waals surface area contributed by atoms with Crippen molar-refractivity contribution in [1.29, 1.82) is 0 Å². The Morgan fingerprint density at radius 2 is 1.61 bits per heavy atom. The highest BCUT2D eigenvalue weighted by Crippen LogP contribution is 2.26. The van der Waals surface area contributed by atoms with Crippen molar-refractivity contribution < 1.29 is 29.0 Å². The highest BCUT2D eigenvalue weighted by Gasteiger charge is 2.36. The second-order valence-electron chi connectivity index (χ2n) is 10.4. The van der Waals surface area contributed by atoms with Gasteiger partial charge in [0, 0.05) is 18.7 Å². The Morgan fingerprint density at radius 1 is 0.976 bits per heavy atom. The van der Waals surface area contributed by atoms with E-state index in [-0.39, 0.29) is 18.7 Å². The molecule has 3 rings (SSSR count). The Kier molecular flexibility index (Phi) is 10.5. The monoisotopic (exact) mass is 559 g/mol. The number of carbonyl (C=O) groups is 3. The van der Waals surface area contributed by atoms with Crippen LogP contribution in [0.15, 0.2) is 91.5 Å². The number of benzene rings is 3. The molecule has 0 aliphatic carbocycles. The van der Waals surface area contributed by atoms with Gasteiger partial charge in [0.15, 0.2) is 0 Å². The number of aromatic hydroxyl groups is 1. The zero-order valence-electron chi connectivity index (χ0n) is 23.8. The van der Waals surface area contributed by atoms with Gasteiger partial charge in [0.1, 0.15) is 29.2 Å². The third kappa shape index (κ3) is 9.13. The average molecular weight is 560 g/mol. The first kappa shape index (κ1) is 30.7. The molecule has 0 heterocycles. The van der Waals surface area contributed by atoms with Crippen molar-refractivity contribution in [2.45, 2.75) is 44.9 Å². The summed E-state index contributed by atoms with van der Waals surface area (Å²) in [5.41, 5.74) is 1.00. The number of phenolic OH excluding ortho intramolecular Hbond substituents is 1. The molecular weight excluding hydrogens is 522 g/mol. The second kappa shape index (κ2) is 14.0. The number of alkyl carbamates (subject to hydrolysis) is 1. The molecule has 41 heavy (non-hydrogen) atoms. The summed E-state index contributed by atoms with van der Waals surface area (Å²) in [5.74, 6) is -0.250. The molecule has 2 unspecified atom stereocenters. The van der Waals surface area contributed by atoms with Gasteiger partial charge in [0.25, 0.3) is 5.91 Å². The Bertz CT molecular complexity index is 1320. The average Bonchev–Trinajstić information content (AvgIpc) is 2.93. The second-order valence-corrected chi connectivity index (χ2v) is 10.4. The molecule has 0 aliphatic rings. The maximum absolute atomic E-state index is 14.2. The number of carbonyl (C=O) groups excluding carboxylic acids is 3. The molecule has 0 spiro atoms. The fourth-order valence-corrected chi connectivity index (χ4v) is 4.17. The lowest BCUT2D eigenvalue weighted by atomic mass is 10.00. The van der Waals surface area contributed by atoms with E-state index in [4.69, 9.17) is 9.47 Å². The maximum Gasteiger partial charge on any atom is 0.408 e. The van der Waals surface area contributed by atoms with Crippen LogP contribution in [0.2, 0.25) is 0 Å². The molecule has 216 valence electrons. The molecule has 3 aromatic rings. The lowest BCUT2D eigenvalue weighted by molar-refractivity contribution is -0.140. The maximum atomic E-state index is 14.2. The number of hydrogen-bond donors (Lipinski definition) is 3. The first-order chi connectivity index (χ1) is 19.5. The van der Waals surface area contributed by atoms with Crippen LogP contribution in [0.1, 0.15) is 37.9 Å².